The summed E-state index contributed by atoms with van der Waals surface area (Å²) in [5.74, 6) is -0.438. The summed E-state index contributed by atoms with van der Waals surface area (Å²) in [6.07, 6.45) is 1.61. The van der Waals surface area contributed by atoms with Crippen LogP contribution in [0.15, 0.2) is 18.3 Å². The zero-order chi connectivity index (χ0) is 13.1. The van der Waals surface area contributed by atoms with E-state index < -0.39 is 11.9 Å². The first kappa shape index (κ1) is 12.7. The molecule has 4 N–H and O–H groups in total. The standard InChI is InChI=1S/C11H14N4O2S/c12-10(16)8-6-17-5-4-15(8)7-2-1-3-14-9(7)11(13)18/h1-3,8H,4-6H2,(H2,12,16)(H2,13,18). The lowest BCUT2D eigenvalue weighted by molar-refractivity contribution is -0.121. The Morgan fingerprint density at radius 2 is 2.33 bits per heavy atom. The highest BCUT2D eigenvalue weighted by Crippen LogP contribution is 2.22. The van der Waals surface area contributed by atoms with E-state index in [0.29, 0.717) is 18.8 Å². The minimum atomic E-state index is -0.518. The summed E-state index contributed by atoms with van der Waals surface area (Å²) in [4.78, 5) is 17.6. The van der Waals surface area contributed by atoms with E-state index in [0.717, 1.165) is 5.69 Å². The van der Waals surface area contributed by atoms with E-state index in [1.165, 1.54) is 0 Å². The van der Waals surface area contributed by atoms with Crippen molar-refractivity contribution in [3.8, 4) is 0 Å². The van der Waals surface area contributed by atoms with Crippen molar-refractivity contribution < 1.29 is 9.53 Å². The Balaban J connectivity index is 2.39. The second-order valence-electron chi connectivity index (χ2n) is 3.92. The molecule has 0 saturated carbocycles. The van der Waals surface area contributed by atoms with Gasteiger partial charge in [0.25, 0.3) is 0 Å². The van der Waals surface area contributed by atoms with Gasteiger partial charge in [-0.3, -0.25) is 9.78 Å². The summed E-state index contributed by atoms with van der Waals surface area (Å²) >= 11 is 4.96. The molecule has 18 heavy (non-hydrogen) atoms. The number of morpholine rings is 1. The van der Waals surface area contributed by atoms with E-state index in [9.17, 15) is 4.79 Å². The van der Waals surface area contributed by atoms with Gasteiger partial charge in [-0.05, 0) is 12.1 Å². The fourth-order valence-corrected chi connectivity index (χ4v) is 2.10. The maximum absolute atomic E-state index is 11.4. The molecule has 1 saturated heterocycles. The molecule has 0 aromatic carbocycles. The first-order valence-corrected chi connectivity index (χ1v) is 5.90. The second kappa shape index (κ2) is 5.28. The number of nitrogens with zero attached hydrogens (tertiary/aromatic N) is 2. The van der Waals surface area contributed by atoms with E-state index in [-0.39, 0.29) is 11.6 Å². The van der Waals surface area contributed by atoms with E-state index >= 15 is 0 Å². The number of primary amides is 1. The van der Waals surface area contributed by atoms with Crippen LogP contribution in [0.2, 0.25) is 0 Å². The van der Waals surface area contributed by atoms with Crippen LogP contribution >= 0.6 is 12.2 Å². The molecule has 1 amide bonds. The smallest absolute Gasteiger partial charge is 0.242 e. The Morgan fingerprint density at radius 1 is 1.56 bits per heavy atom. The lowest BCUT2D eigenvalue weighted by Crippen LogP contribution is -2.53. The Bertz CT molecular complexity index is 480. The molecule has 96 valence electrons. The third kappa shape index (κ3) is 2.41. The average molecular weight is 266 g/mol. The van der Waals surface area contributed by atoms with Gasteiger partial charge in [-0.1, -0.05) is 12.2 Å². The molecule has 7 heteroatoms. The van der Waals surface area contributed by atoms with Crippen LogP contribution in [0.1, 0.15) is 5.69 Å². The molecule has 1 unspecified atom stereocenters. The van der Waals surface area contributed by atoms with Gasteiger partial charge < -0.3 is 21.1 Å². The SMILES string of the molecule is NC(=O)C1COCCN1c1cccnc1C(N)=S. The van der Waals surface area contributed by atoms with E-state index in [2.05, 4.69) is 4.98 Å². The first-order valence-electron chi connectivity index (χ1n) is 5.50. The predicted molar refractivity (Wildman–Crippen MR) is 71.3 cm³/mol. The number of anilines is 1. The summed E-state index contributed by atoms with van der Waals surface area (Å²) in [6, 6.07) is 3.07. The number of hydrogen-bond donors (Lipinski definition) is 2. The maximum Gasteiger partial charge on any atom is 0.242 e. The molecule has 0 spiro atoms. The monoisotopic (exact) mass is 266 g/mol. The number of amides is 1. The fourth-order valence-electron chi connectivity index (χ4n) is 1.95. The Labute approximate surface area is 110 Å². The van der Waals surface area contributed by atoms with Gasteiger partial charge in [0.15, 0.2) is 0 Å². The Kier molecular flexibility index (Phi) is 3.73. The zero-order valence-electron chi connectivity index (χ0n) is 9.70. The largest absolute Gasteiger partial charge is 0.388 e. The molecule has 0 bridgehead atoms. The number of thiocarbonyl (C=S) groups is 1. The van der Waals surface area contributed by atoms with Crippen molar-refractivity contribution in [1.82, 2.24) is 4.98 Å². The molecule has 2 heterocycles. The van der Waals surface area contributed by atoms with Crippen LogP contribution in [0.4, 0.5) is 5.69 Å². The first-order chi connectivity index (χ1) is 8.61. The predicted octanol–water partition coefficient (Wildman–Crippen LogP) is -0.594. The van der Waals surface area contributed by atoms with Crippen LogP contribution < -0.4 is 16.4 Å². The third-order valence-electron chi connectivity index (χ3n) is 2.79. The highest BCUT2D eigenvalue weighted by Gasteiger charge is 2.29. The quantitative estimate of drug-likeness (QED) is 0.710. The summed E-state index contributed by atoms with van der Waals surface area (Å²) in [5.41, 5.74) is 12.2. The summed E-state index contributed by atoms with van der Waals surface area (Å²) in [6.45, 7) is 1.34. The number of pyridine rings is 1. The van der Waals surface area contributed by atoms with Crippen molar-refractivity contribution in [3.63, 3.8) is 0 Å². The Morgan fingerprint density at radius 3 is 3.00 bits per heavy atom. The lowest BCUT2D eigenvalue weighted by atomic mass is 10.1. The van der Waals surface area contributed by atoms with Crippen molar-refractivity contribution in [2.45, 2.75) is 6.04 Å². The summed E-state index contributed by atoms with van der Waals surface area (Å²) in [7, 11) is 0. The zero-order valence-corrected chi connectivity index (χ0v) is 10.5. The van der Waals surface area contributed by atoms with Gasteiger partial charge in [-0.15, -0.1) is 0 Å². The van der Waals surface area contributed by atoms with E-state index in [1.54, 1.807) is 12.3 Å². The van der Waals surface area contributed by atoms with Crippen molar-refractivity contribution in [2.24, 2.45) is 11.5 Å². The molecular formula is C11H14N4O2S. The number of hydrogen-bond acceptors (Lipinski definition) is 5. The van der Waals surface area contributed by atoms with Gasteiger partial charge in [-0.2, -0.15) is 0 Å². The van der Waals surface area contributed by atoms with Crippen LogP contribution in [0.3, 0.4) is 0 Å². The van der Waals surface area contributed by atoms with Crippen LogP contribution in [0.25, 0.3) is 0 Å². The van der Waals surface area contributed by atoms with Gasteiger partial charge in [-0.25, -0.2) is 0 Å². The highest BCUT2D eigenvalue weighted by molar-refractivity contribution is 7.80. The fraction of sp³-hybridized carbons (Fsp3) is 0.364. The molecule has 1 aliphatic heterocycles. The van der Waals surface area contributed by atoms with E-state index in [1.807, 2.05) is 11.0 Å². The van der Waals surface area contributed by atoms with Gasteiger partial charge >= 0.3 is 0 Å². The van der Waals surface area contributed by atoms with Gasteiger partial charge in [0.2, 0.25) is 5.91 Å². The molecular weight excluding hydrogens is 252 g/mol. The number of aromatic nitrogens is 1. The molecule has 1 aliphatic rings. The third-order valence-corrected chi connectivity index (χ3v) is 2.98. The second-order valence-corrected chi connectivity index (χ2v) is 4.36. The van der Waals surface area contributed by atoms with Crippen LogP contribution in [0.5, 0.6) is 0 Å². The molecule has 2 rings (SSSR count). The number of nitrogens with two attached hydrogens (primary N) is 2. The van der Waals surface area contributed by atoms with Gasteiger partial charge in [0.1, 0.15) is 16.7 Å². The average Bonchev–Trinajstić information content (AvgIpc) is 2.38. The molecule has 6 nitrogen and oxygen atoms in total. The number of carbonyl (C=O) groups is 1. The van der Waals surface area contributed by atoms with Crippen molar-refractivity contribution in [1.29, 1.82) is 0 Å². The normalized spacial score (nSPS) is 19.6. The molecule has 1 aromatic rings. The molecule has 1 aromatic heterocycles. The number of rotatable bonds is 3. The van der Waals surface area contributed by atoms with Crippen LogP contribution in [-0.4, -0.2) is 41.7 Å². The minimum absolute atomic E-state index is 0.195. The van der Waals surface area contributed by atoms with Crippen molar-refractivity contribution >= 4 is 28.8 Å². The topological polar surface area (TPSA) is 94.5 Å². The van der Waals surface area contributed by atoms with Crippen molar-refractivity contribution in [2.75, 3.05) is 24.7 Å². The molecule has 1 fully saturated rings. The molecule has 0 aliphatic carbocycles. The summed E-state index contributed by atoms with van der Waals surface area (Å²) in [5, 5.41) is 0. The van der Waals surface area contributed by atoms with Crippen LogP contribution in [-0.2, 0) is 9.53 Å². The van der Waals surface area contributed by atoms with Crippen molar-refractivity contribution in [3.05, 3.63) is 24.0 Å². The lowest BCUT2D eigenvalue weighted by Gasteiger charge is -2.36. The Hall–Kier alpha value is -1.73. The van der Waals surface area contributed by atoms with Gasteiger partial charge in [0, 0.05) is 12.7 Å². The number of ether oxygens (including phenoxy) is 1. The van der Waals surface area contributed by atoms with E-state index in [4.69, 9.17) is 28.4 Å². The number of carbonyl (C=O) groups excluding carboxylic acids is 1. The van der Waals surface area contributed by atoms with Crippen LogP contribution in [0, 0.1) is 0 Å². The maximum atomic E-state index is 11.4. The van der Waals surface area contributed by atoms with Gasteiger partial charge in [0.05, 0.1) is 18.9 Å². The molecule has 1 atom stereocenters. The molecule has 0 radical (unpaired) electrons. The highest BCUT2D eigenvalue weighted by atomic mass is 32.1. The summed E-state index contributed by atoms with van der Waals surface area (Å²) < 4.78 is 5.27. The minimum Gasteiger partial charge on any atom is -0.388 e.